The minimum Gasteiger partial charge on any atom is -0.482 e. The molecule has 1 aromatic carbocycles. The molecular formula is C9H8Br2O5S. The fourth-order valence-electron chi connectivity index (χ4n) is 0.973. The largest absolute Gasteiger partial charge is 0.482 e. The molecular weight excluding hydrogens is 380 g/mol. The molecule has 0 saturated carbocycles. The van der Waals surface area contributed by atoms with Gasteiger partial charge in [0.2, 0.25) is 9.84 Å². The van der Waals surface area contributed by atoms with Gasteiger partial charge < -0.3 is 9.84 Å². The van der Waals surface area contributed by atoms with Crippen molar-refractivity contribution in [1.82, 2.24) is 0 Å². The van der Waals surface area contributed by atoms with Gasteiger partial charge in [-0.3, -0.25) is 0 Å². The Morgan fingerprint density at radius 1 is 1.29 bits per heavy atom. The highest BCUT2D eigenvalue weighted by molar-refractivity contribution is 9.27. The maximum atomic E-state index is 11.7. The number of halogens is 2. The maximum Gasteiger partial charge on any atom is 0.341 e. The van der Waals surface area contributed by atoms with Gasteiger partial charge in [0.25, 0.3) is 0 Å². The van der Waals surface area contributed by atoms with Crippen LogP contribution in [-0.4, -0.2) is 29.2 Å². The highest BCUT2D eigenvalue weighted by Crippen LogP contribution is 2.26. The van der Waals surface area contributed by atoms with Crippen molar-refractivity contribution in [2.75, 3.05) is 6.61 Å². The van der Waals surface area contributed by atoms with Gasteiger partial charge in [-0.15, -0.1) is 0 Å². The number of sulfone groups is 1. The molecule has 0 amide bonds. The number of aliphatic carboxylic acids is 1. The zero-order valence-corrected chi connectivity index (χ0v) is 12.3. The van der Waals surface area contributed by atoms with Gasteiger partial charge in [-0.2, -0.15) is 0 Å². The Kier molecular flexibility index (Phi) is 4.96. The van der Waals surface area contributed by atoms with Crippen molar-refractivity contribution in [1.29, 1.82) is 0 Å². The van der Waals surface area contributed by atoms with Crippen LogP contribution in [0.15, 0.2) is 29.2 Å². The topological polar surface area (TPSA) is 80.7 Å². The van der Waals surface area contributed by atoms with Crippen LogP contribution in [0.3, 0.4) is 0 Å². The second-order valence-electron chi connectivity index (χ2n) is 2.96. The molecule has 0 atom stereocenters. The molecule has 0 spiro atoms. The number of carboxylic acid groups (broad SMARTS) is 1. The Morgan fingerprint density at radius 3 is 2.24 bits per heavy atom. The highest BCUT2D eigenvalue weighted by atomic mass is 79.9. The minimum atomic E-state index is -3.46. The maximum absolute atomic E-state index is 11.7. The van der Waals surface area contributed by atoms with Crippen LogP contribution in [0.2, 0.25) is 0 Å². The van der Waals surface area contributed by atoms with E-state index in [0.717, 1.165) is 0 Å². The molecule has 0 aliphatic heterocycles. The normalized spacial score (nSPS) is 11.5. The molecule has 0 bridgehead atoms. The third-order valence-electron chi connectivity index (χ3n) is 1.75. The molecule has 1 N–H and O–H groups in total. The summed E-state index contributed by atoms with van der Waals surface area (Å²) < 4.78 is 27.4. The van der Waals surface area contributed by atoms with E-state index in [-0.39, 0.29) is 4.90 Å². The zero-order chi connectivity index (χ0) is 13.1. The van der Waals surface area contributed by atoms with Gasteiger partial charge >= 0.3 is 5.97 Å². The number of carbonyl (C=O) groups is 1. The molecule has 0 radical (unpaired) electrons. The van der Waals surface area contributed by atoms with E-state index in [1.807, 2.05) is 0 Å². The molecule has 0 unspecified atom stereocenters. The summed E-state index contributed by atoms with van der Waals surface area (Å²) in [7, 11) is -3.46. The molecule has 17 heavy (non-hydrogen) atoms. The summed E-state index contributed by atoms with van der Waals surface area (Å²) in [4.78, 5) is 10.4. The predicted octanol–water partition coefficient (Wildman–Crippen LogP) is 2.00. The highest BCUT2D eigenvalue weighted by Gasteiger charge is 2.21. The van der Waals surface area contributed by atoms with Gasteiger partial charge in [0.1, 0.15) is 5.75 Å². The SMILES string of the molecule is O=C(O)COc1ccc(S(=O)(=O)C(Br)Br)cc1. The van der Waals surface area contributed by atoms with Crippen LogP contribution in [-0.2, 0) is 14.6 Å². The van der Waals surface area contributed by atoms with Gasteiger partial charge in [-0.25, -0.2) is 13.2 Å². The third kappa shape index (κ3) is 3.97. The lowest BCUT2D eigenvalue weighted by Gasteiger charge is -2.07. The standard InChI is InChI=1S/C9H8Br2O5S/c10-9(11)17(14,15)7-3-1-6(2-4-7)16-5-8(12)13/h1-4,9H,5H2,(H,12,13). The van der Waals surface area contributed by atoms with E-state index in [4.69, 9.17) is 9.84 Å². The third-order valence-corrected chi connectivity index (χ3v) is 6.10. The van der Waals surface area contributed by atoms with E-state index in [9.17, 15) is 13.2 Å². The first-order valence-corrected chi connectivity index (χ1v) is 7.68. The number of hydrogen-bond acceptors (Lipinski definition) is 4. The first kappa shape index (κ1) is 14.5. The van der Waals surface area contributed by atoms with Gasteiger partial charge in [0.05, 0.1) is 4.90 Å². The molecule has 0 fully saturated rings. The fraction of sp³-hybridized carbons (Fsp3) is 0.222. The quantitative estimate of drug-likeness (QED) is 0.781. The van der Waals surface area contributed by atoms with Crippen molar-refractivity contribution in [3.8, 4) is 5.75 Å². The smallest absolute Gasteiger partial charge is 0.341 e. The molecule has 94 valence electrons. The van der Waals surface area contributed by atoms with E-state index in [1.54, 1.807) is 0 Å². The summed E-state index contributed by atoms with van der Waals surface area (Å²) >= 11 is 5.84. The first-order valence-electron chi connectivity index (χ1n) is 4.31. The molecule has 1 aromatic rings. The second kappa shape index (κ2) is 5.83. The van der Waals surface area contributed by atoms with Crippen LogP contribution >= 0.6 is 31.9 Å². The van der Waals surface area contributed by atoms with Crippen molar-refractivity contribution < 1.29 is 23.1 Å². The Morgan fingerprint density at radius 2 is 1.82 bits per heavy atom. The number of ether oxygens (including phenoxy) is 1. The van der Waals surface area contributed by atoms with Crippen molar-refractivity contribution in [3.63, 3.8) is 0 Å². The number of carboxylic acids is 1. The second-order valence-corrected chi connectivity index (χ2v) is 9.26. The molecule has 1 rings (SSSR count). The van der Waals surface area contributed by atoms with E-state index in [1.165, 1.54) is 24.3 Å². The summed E-state index contributed by atoms with van der Waals surface area (Å²) in [6.45, 7) is -0.467. The zero-order valence-electron chi connectivity index (χ0n) is 8.34. The fourth-order valence-corrected chi connectivity index (χ4v) is 2.99. The predicted molar refractivity (Wildman–Crippen MR) is 68.4 cm³/mol. The Labute approximate surface area is 115 Å². The van der Waals surface area contributed by atoms with Crippen LogP contribution in [0.1, 0.15) is 0 Å². The van der Waals surface area contributed by atoms with Crippen LogP contribution < -0.4 is 4.74 Å². The summed E-state index contributed by atoms with van der Waals surface area (Å²) in [5, 5.41) is 8.40. The molecule has 0 saturated heterocycles. The Bertz CT molecular complexity index is 495. The van der Waals surface area contributed by atoms with Crippen molar-refractivity contribution in [2.45, 2.75) is 7.96 Å². The summed E-state index contributed by atoms with van der Waals surface area (Å²) in [6.07, 6.45) is 0. The Hall–Kier alpha value is -0.600. The molecule has 5 nitrogen and oxygen atoms in total. The lowest BCUT2D eigenvalue weighted by atomic mass is 10.3. The van der Waals surface area contributed by atoms with Crippen LogP contribution in [0, 0.1) is 0 Å². The Balaban J connectivity index is 2.85. The van der Waals surface area contributed by atoms with E-state index in [0.29, 0.717) is 5.75 Å². The van der Waals surface area contributed by atoms with Crippen LogP contribution in [0.4, 0.5) is 0 Å². The van der Waals surface area contributed by atoms with Gasteiger partial charge in [0.15, 0.2) is 9.68 Å². The molecule has 0 aromatic heterocycles. The van der Waals surface area contributed by atoms with E-state index in [2.05, 4.69) is 31.9 Å². The van der Waals surface area contributed by atoms with Crippen molar-refractivity contribution >= 4 is 47.7 Å². The minimum absolute atomic E-state index is 0.110. The van der Waals surface area contributed by atoms with Gasteiger partial charge in [-0.1, -0.05) is 31.9 Å². The molecule has 0 aliphatic carbocycles. The molecule has 0 heterocycles. The van der Waals surface area contributed by atoms with E-state index < -0.39 is 25.5 Å². The summed E-state index contributed by atoms with van der Waals surface area (Å²) in [6, 6.07) is 5.50. The number of hydrogen-bond donors (Lipinski definition) is 1. The van der Waals surface area contributed by atoms with Crippen molar-refractivity contribution in [3.05, 3.63) is 24.3 Å². The monoisotopic (exact) mass is 386 g/mol. The van der Waals surface area contributed by atoms with Crippen molar-refractivity contribution in [2.24, 2.45) is 0 Å². The average molecular weight is 388 g/mol. The lowest BCUT2D eigenvalue weighted by Crippen LogP contribution is -2.10. The lowest BCUT2D eigenvalue weighted by molar-refractivity contribution is -0.139. The van der Waals surface area contributed by atoms with Gasteiger partial charge in [0, 0.05) is 0 Å². The molecule has 8 heteroatoms. The average Bonchev–Trinajstić information content (AvgIpc) is 2.26. The number of benzene rings is 1. The number of rotatable bonds is 5. The van der Waals surface area contributed by atoms with Crippen LogP contribution in [0.25, 0.3) is 0 Å². The number of alkyl halides is 2. The summed E-state index contributed by atoms with van der Waals surface area (Å²) in [5.74, 6) is -0.797. The first-order chi connectivity index (χ1) is 7.84. The van der Waals surface area contributed by atoms with Gasteiger partial charge in [-0.05, 0) is 24.3 Å². The molecule has 0 aliphatic rings. The van der Waals surface area contributed by atoms with Crippen LogP contribution in [0.5, 0.6) is 5.75 Å². The van der Waals surface area contributed by atoms with E-state index >= 15 is 0 Å². The summed E-state index contributed by atoms with van der Waals surface area (Å²) in [5.41, 5.74) is 0.